The minimum Gasteiger partial charge on any atom is -0.299 e. The van der Waals surface area contributed by atoms with Crippen molar-refractivity contribution in [2.75, 3.05) is 0 Å². The fourth-order valence-electron chi connectivity index (χ4n) is 2.36. The normalized spacial score (nSPS) is 16.0. The van der Waals surface area contributed by atoms with Gasteiger partial charge in [-0.25, -0.2) is 0 Å². The highest BCUT2D eigenvalue weighted by Gasteiger charge is 2.39. The minimum atomic E-state index is -1.31. The molecule has 0 unspecified atom stereocenters. The van der Waals surface area contributed by atoms with E-state index >= 15 is 0 Å². The topological polar surface area (TPSA) is 120 Å². The van der Waals surface area contributed by atoms with Gasteiger partial charge in [-0.15, -0.1) is 0 Å². The van der Waals surface area contributed by atoms with Crippen molar-refractivity contribution < 1.29 is 19.4 Å². The van der Waals surface area contributed by atoms with Gasteiger partial charge in [0.25, 0.3) is 11.4 Å². The van der Waals surface area contributed by atoms with Crippen LogP contribution in [0.2, 0.25) is 5.02 Å². The van der Waals surface area contributed by atoms with Crippen LogP contribution in [0.5, 0.6) is 0 Å². The Morgan fingerprint density at radius 2 is 1.62 bits per heavy atom. The summed E-state index contributed by atoms with van der Waals surface area (Å²) in [5, 5.41) is 21.5. The Morgan fingerprint density at radius 3 is 2.10 bits per heavy atom. The predicted molar refractivity (Wildman–Crippen MR) is 71.4 cm³/mol. The smallest absolute Gasteiger partial charge is 0.282 e. The van der Waals surface area contributed by atoms with Crippen molar-refractivity contribution in [1.29, 1.82) is 0 Å². The molecule has 0 bridgehead atoms. The van der Waals surface area contributed by atoms with Gasteiger partial charge in [0.2, 0.25) is 0 Å². The van der Waals surface area contributed by atoms with Crippen molar-refractivity contribution >= 4 is 34.5 Å². The van der Waals surface area contributed by atoms with E-state index in [1.165, 1.54) is 0 Å². The second-order valence-corrected chi connectivity index (χ2v) is 5.00. The van der Waals surface area contributed by atoms with Crippen LogP contribution < -0.4 is 0 Å². The van der Waals surface area contributed by atoms with Crippen LogP contribution in [-0.2, 0) is 9.59 Å². The summed E-state index contributed by atoms with van der Waals surface area (Å²) in [6, 6.07) is 1.63. The van der Waals surface area contributed by atoms with Crippen LogP contribution in [0.25, 0.3) is 0 Å². The van der Waals surface area contributed by atoms with E-state index in [-0.39, 0.29) is 23.4 Å². The number of halogens is 1. The summed E-state index contributed by atoms with van der Waals surface area (Å²) in [6.45, 7) is 0. The number of hydrogen-bond acceptors (Lipinski definition) is 6. The highest BCUT2D eigenvalue weighted by atomic mass is 35.5. The van der Waals surface area contributed by atoms with E-state index in [4.69, 9.17) is 11.6 Å². The number of non-ortho nitro benzene ring substituents is 1. The van der Waals surface area contributed by atoms with Crippen LogP contribution in [0.4, 0.5) is 11.4 Å². The fraction of sp³-hybridized carbons (Fsp3) is 0.333. The summed E-state index contributed by atoms with van der Waals surface area (Å²) in [5.41, 5.74) is -1.49. The molecule has 0 N–H and O–H groups in total. The van der Waals surface area contributed by atoms with Crippen molar-refractivity contribution in [3.63, 3.8) is 0 Å². The Morgan fingerprint density at radius 1 is 1.05 bits per heavy atom. The van der Waals surface area contributed by atoms with Crippen molar-refractivity contribution in [2.24, 2.45) is 0 Å². The summed E-state index contributed by atoms with van der Waals surface area (Å²) in [7, 11) is 0. The number of Topliss-reactive ketones (excluding diaryl/α,β-unsaturated/α-hetero) is 2. The molecule has 0 atom stereocenters. The van der Waals surface area contributed by atoms with E-state index in [9.17, 15) is 29.8 Å². The second-order valence-electron chi connectivity index (χ2n) is 4.59. The maximum Gasteiger partial charge on any atom is 0.282 e. The van der Waals surface area contributed by atoms with Crippen molar-refractivity contribution in [3.05, 3.63) is 42.9 Å². The molecule has 1 fully saturated rings. The number of rotatable bonds is 3. The average molecular weight is 313 g/mol. The summed E-state index contributed by atoms with van der Waals surface area (Å²) in [4.78, 5) is 44.0. The van der Waals surface area contributed by atoms with E-state index in [2.05, 4.69) is 0 Å². The SMILES string of the molecule is O=C1CCCC(=O)C1c1c(Cl)cc([N+](=O)[O-])cc1[N+](=O)[O-]. The number of hydrogen-bond donors (Lipinski definition) is 0. The van der Waals surface area contributed by atoms with Gasteiger partial charge in [0, 0.05) is 18.9 Å². The Labute approximate surface area is 123 Å². The Hall–Kier alpha value is -2.35. The molecule has 0 radical (unpaired) electrons. The van der Waals surface area contributed by atoms with Crippen LogP contribution in [0, 0.1) is 20.2 Å². The molecule has 0 spiro atoms. The zero-order valence-electron chi connectivity index (χ0n) is 10.6. The predicted octanol–water partition coefficient (Wildman–Crippen LogP) is 2.56. The highest BCUT2D eigenvalue weighted by Crippen LogP contribution is 2.40. The first-order valence-corrected chi connectivity index (χ1v) is 6.38. The summed E-state index contributed by atoms with van der Waals surface area (Å²) in [5.74, 6) is -2.22. The Balaban J connectivity index is 2.67. The second kappa shape index (κ2) is 5.57. The Kier molecular flexibility index (Phi) is 3.99. The van der Waals surface area contributed by atoms with Gasteiger partial charge >= 0.3 is 0 Å². The fourth-order valence-corrected chi connectivity index (χ4v) is 2.68. The van der Waals surface area contributed by atoms with E-state index in [1.807, 2.05) is 0 Å². The Bertz CT molecular complexity index is 656. The van der Waals surface area contributed by atoms with Crippen LogP contribution in [0.3, 0.4) is 0 Å². The number of carbonyl (C=O) groups is 2. The first-order chi connectivity index (χ1) is 9.82. The molecule has 0 saturated heterocycles. The van der Waals surface area contributed by atoms with Gasteiger partial charge in [-0.1, -0.05) is 11.6 Å². The number of nitro groups is 2. The molecular weight excluding hydrogens is 304 g/mol. The zero-order chi connectivity index (χ0) is 15.7. The lowest BCUT2D eigenvalue weighted by Crippen LogP contribution is -2.27. The lowest BCUT2D eigenvalue weighted by atomic mass is 9.81. The highest BCUT2D eigenvalue weighted by molar-refractivity contribution is 6.33. The van der Waals surface area contributed by atoms with Crippen molar-refractivity contribution in [2.45, 2.75) is 25.2 Å². The molecule has 9 heteroatoms. The number of benzene rings is 1. The minimum absolute atomic E-state index is 0.126. The molecule has 0 aliphatic heterocycles. The van der Waals surface area contributed by atoms with Gasteiger partial charge in [0.1, 0.15) is 17.5 Å². The number of nitro benzene ring substituents is 2. The maximum absolute atomic E-state index is 11.9. The molecule has 1 aromatic rings. The lowest BCUT2D eigenvalue weighted by molar-refractivity contribution is -0.394. The quantitative estimate of drug-likeness (QED) is 0.480. The summed E-state index contributed by atoms with van der Waals surface area (Å²) < 4.78 is 0. The number of nitrogens with zero attached hydrogens (tertiary/aromatic N) is 2. The molecule has 1 saturated carbocycles. The number of carbonyl (C=O) groups excluding carboxylic acids is 2. The third kappa shape index (κ3) is 2.75. The van der Waals surface area contributed by atoms with Gasteiger partial charge in [0.05, 0.1) is 26.5 Å². The lowest BCUT2D eigenvalue weighted by Gasteiger charge is -2.20. The van der Waals surface area contributed by atoms with Crippen LogP contribution in [-0.4, -0.2) is 21.4 Å². The maximum atomic E-state index is 11.9. The first-order valence-electron chi connectivity index (χ1n) is 6.00. The third-order valence-corrected chi connectivity index (χ3v) is 3.59. The van der Waals surface area contributed by atoms with Crippen LogP contribution in [0.1, 0.15) is 30.7 Å². The monoisotopic (exact) mass is 312 g/mol. The van der Waals surface area contributed by atoms with Gasteiger partial charge in [0.15, 0.2) is 0 Å². The van der Waals surface area contributed by atoms with E-state index < -0.39 is 38.7 Å². The largest absolute Gasteiger partial charge is 0.299 e. The van der Waals surface area contributed by atoms with E-state index in [1.54, 1.807) is 0 Å². The molecule has 8 nitrogen and oxygen atoms in total. The zero-order valence-corrected chi connectivity index (χ0v) is 11.3. The van der Waals surface area contributed by atoms with Crippen LogP contribution in [0.15, 0.2) is 12.1 Å². The van der Waals surface area contributed by atoms with Crippen molar-refractivity contribution in [1.82, 2.24) is 0 Å². The summed E-state index contributed by atoms with van der Waals surface area (Å²) >= 11 is 5.87. The molecule has 1 aromatic carbocycles. The number of ketones is 2. The van der Waals surface area contributed by atoms with Crippen LogP contribution >= 0.6 is 11.6 Å². The molecule has 2 rings (SSSR count). The van der Waals surface area contributed by atoms with Crippen molar-refractivity contribution in [3.8, 4) is 0 Å². The van der Waals surface area contributed by atoms with Gasteiger partial charge in [-0.3, -0.25) is 29.8 Å². The molecule has 21 heavy (non-hydrogen) atoms. The molecular formula is C12H9ClN2O6. The van der Waals surface area contributed by atoms with Gasteiger partial charge < -0.3 is 0 Å². The third-order valence-electron chi connectivity index (χ3n) is 3.28. The molecule has 0 heterocycles. The van der Waals surface area contributed by atoms with E-state index in [0.717, 1.165) is 12.1 Å². The molecule has 0 aromatic heterocycles. The van der Waals surface area contributed by atoms with E-state index in [0.29, 0.717) is 6.42 Å². The summed E-state index contributed by atoms with van der Waals surface area (Å²) in [6.07, 6.45) is 0.647. The molecule has 110 valence electrons. The standard InChI is InChI=1S/C12H9ClN2O6/c13-7-4-6(14(18)19)5-8(15(20)21)11(7)12-9(16)2-1-3-10(12)17/h4-5,12H,1-3H2. The average Bonchev–Trinajstić information content (AvgIpc) is 2.39. The molecule has 0 amide bonds. The van der Waals surface area contributed by atoms with Gasteiger partial charge in [-0.05, 0) is 6.42 Å². The van der Waals surface area contributed by atoms with Gasteiger partial charge in [-0.2, -0.15) is 0 Å². The molecule has 1 aliphatic carbocycles. The first kappa shape index (κ1) is 15.0. The molecule has 1 aliphatic rings.